The summed E-state index contributed by atoms with van der Waals surface area (Å²) < 4.78 is 39.4. The second kappa shape index (κ2) is 10.2. The summed E-state index contributed by atoms with van der Waals surface area (Å²) in [7, 11) is 1.66. The summed E-state index contributed by atoms with van der Waals surface area (Å²) >= 11 is 0. The zero-order valence-electron chi connectivity index (χ0n) is 15.6. The number of aryl methyl sites for hydroxylation is 1. The summed E-state index contributed by atoms with van der Waals surface area (Å²) in [6.45, 7) is 0.629. The maximum Gasteiger partial charge on any atom is 0.401 e. The van der Waals surface area contributed by atoms with Crippen LogP contribution in [0, 0.1) is 0 Å². The Morgan fingerprint density at radius 3 is 2.89 bits per heavy atom. The van der Waals surface area contributed by atoms with Gasteiger partial charge in [0, 0.05) is 45.3 Å². The molecular formula is C17H25F3IN7. The van der Waals surface area contributed by atoms with Crippen LogP contribution in [0.15, 0.2) is 29.4 Å². The first-order chi connectivity index (χ1) is 12.9. The first kappa shape index (κ1) is 22.7. The van der Waals surface area contributed by atoms with E-state index in [2.05, 4.69) is 25.8 Å². The fourth-order valence-corrected chi connectivity index (χ4v) is 3.25. The predicted octanol–water partition coefficient (Wildman–Crippen LogP) is 2.08. The molecule has 1 saturated heterocycles. The van der Waals surface area contributed by atoms with Crippen LogP contribution < -0.4 is 10.6 Å². The van der Waals surface area contributed by atoms with Crippen LogP contribution in [0.2, 0.25) is 0 Å². The maximum atomic E-state index is 12.5. The van der Waals surface area contributed by atoms with E-state index in [1.165, 1.54) is 4.90 Å². The number of alkyl halides is 3. The number of pyridine rings is 1. The predicted molar refractivity (Wildman–Crippen MR) is 112 cm³/mol. The van der Waals surface area contributed by atoms with Gasteiger partial charge in [-0.05, 0) is 25.0 Å². The van der Waals surface area contributed by atoms with E-state index in [0.717, 1.165) is 24.3 Å². The van der Waals surface area contributed by atoms with Crippen LogP contribution in [-0.2, 0) is 6.42 Å². The summed E-state index contributed by atoms with van der Waals surface area (Å²) in [6.07, 6.45) is 0.0494. The molecule has 1 atom stereocenters. The molecule has 0 aromatic carbocycles. The van der Waals surface area contributed by atoms with E-state index < -0.39 is 12.7 Å². The maximum absolute atomic E-state index is 12.5. The highest BCUT2D eigenvalue weighted by Gasteiger charge is 2.34. The van der Waals surface area contributed by atoms with Gasteiger partial charge >= 0.3 is 6.18 Å². The summed E-state index contributed by atoms with van der Waals surface area (Å²) in [5.41, 5.74) is 0.822. The minimum atomic E-state index is -4.15. The highest BCUT2D eigenvalue weighted by Crippen LogP contribution is 2.19. The number of likely N-dealkylation sites (tertiary alicyclic amines) is 1. The standard InChI is InChI=1S/C17H24F3N7.HI/c1-21-16(23-13-7-10-26(11-13)12-17(18,19)20)22-8-4-6-15-25-24-14-5-2-3-9-27(14)15;/h2-3,5,9,13H,4,6-8,10-12H2,1H3,(H2,21,22,23);1H. The number of fused-ring (bicyclic) bond motifs is 1. The molecule has 3 rings (SSSR count). The molecular weight excluding hydrogens is 486 g/mol. The minimum Gasteiger partial charge on any atom is -0.356 e. The van der Waals surface area contributed by atoms with Gasteiger partial charge in [0.05, 0.1) is 6.54 Å². The Balaban J connectivity index is 0.00000280. The number of aliphatic imine (C=N–C) groups is 1. The first-order valence-corrected chi connectivity index (χ1v) is 8.99. The van der Waals surface area contributed by atoms with E-state index in [9.17, 15) is 13.2 Å². The number of hydrogen-bond donors (Lipinski definition) is 2. The van der Waals surface area contributed by atoms with Crippen molar-refractivity contribution in [3.8, 4) is 0 Å². The van der Waals surface area contributed by atoms with E-state index in [1.54, 1.807) is 7.05 Å². The van der Waals surface area contributed by atoms with Gasteiger partial charge in [-0.1, -0.05) is 6.07 Å². The molecule has 1 fully saturated rings. The van der Waals surface area contributed by atoms with Gasteiger partial charge in [0.2, 0.25) is 0 Å². The number of nitrogens with zero attached hydrogens (tertiary/aromatic N) is 5. The summed E-state index contributed by atoms with van der Waals surface area (Å²) in [6, 6.07) is 5.74. The molecule has 1 unspecified atom stereocenters. The van der Waals surface area contributed by atoms with E-state index in [-0.39, 0.29) is 30.0 Å². The summed E-state index contributed by atoms with van der Waals surface area (Å²) in [5.74, 6) is 1.51. The molecule has 0 saturated carbocycles. The molecule has 2 aromatic heterocycles. The Morgan fingerprint density at radius 2 is 2.14 bits per heavy atom. The molecule has 0 bridgehead atoms. The lowest BCUT2D eigenvalue weighted by Crippen LogP contribution is -2.45. The van der Waals surface area contributed by atoms with Gasteiger partial charge in [-0.2, -0.15) is 13.2 Å². The minimum absolute atomic E-state index is 0. The number of guanidine groups is 1. The topological polar surface area (TPSA) is 69.8 Å². The van der Waals surface area contributed by atoms with Gasteiger partial charge in [-0.15, -0.1) is 34.2 Å². The average Bonchev–Trinajstić information content (AvgIpc) is 3.23. The Hall–Kier alpha value is -1.63. The second-order valence-electron chi connectivity index (χ2n) is 6.63. The van der Waals surface area contributed by atoms with Gasteiger partial charge in [-0.3, -0.25) is 14.3 Å². The van der Waals surface area contributed by atoms with Crippen molar-refractivity contribution in [1.29, 1.82) is 0 Å². The molecule has 156 valence electrons. The number of hydrogen-bond acceptors (Lipinski definition) is 4. The van der Waals surface area contributed by atoms with Crippen LogP contribution in [0.5, 0.6) is 0 Å². The van der Waals surface area contributed by atoms with Crippen molar-refractivity contribution >= 4 is 35.6 Å². The van der Waals surface area contributed by atoms with Crippen LogP contribution in [-0.4, -0.2) is 70.9 Å². The second-order valence-corrected chi connectivity index (χ2v) is 6.63. The Labute approximate surface area is 178 Å². The molecule has 0 radical (unpaired) electrons. The fourth-order valence-electron chi connectivity index (χ4n) is 3.25. The Morgan fingerprint density at radius 1 is 1.32 bits per heavy atom. The zero-order valence-corrected chi connectivity index (χ0v) is 17.9. The molecule has 28 heavy (non-hydrogen) atoms. The van der Waals surface area contributed by atoms with Crippen molar-refractivity contribution in [2.75, 3.05) is 33.2 Å². The quantitative estimate of drug-likeness (QED) is 0.269. The summed E-state index contributed by atoms with van der Waals surface area (Å²) in [5, 5.41) is 14.7. The van der Waals surface area contributed by atoms with E-state index in [4.69, 9.17) is 0 Å². The third-order valence-corrected chi connectivity index (χ3v) is 4.49. The highest BCUT2D eigenvalue weighted by atomic mass is 127. The number of halogens is 4. The molecule has 1 aliphatic rings. The average molecular weight is 511 g/mol. The fraction of sp³-hybridized carbons (Fsp3) is 0.588. The van der Waals surface area contributed by atoms with E-state index in [0.29, 0.717) is 32.0 Å². The molecule has 3 heterocycles. The largest absolute Gasteiger partial charge is 0.401 e. The lowest BCUT2D eigenvalue weighted by Gasteiger charge is -2.19. The Bertz CT molecular complexity index is 777. The van der Waals surface area contributed by atoms with E-state index in [1.807, 2.05) is 28.8 Å². The Kier molecular flexibility index (Phi) is 8.28. The molecule has 0 amide bonds. The van der Waals surface area contributed by atoms with Gasteiger partial charge in [0.1, 0.15) is 5.82 Å². The molecule has 2 N–H and O–H groups in total. The molecule has 0 aliphatic carbocycles. The third-order valence-electron chi connectivity index (χ3n) is 4.49. The van der Waals surface area contributed by atoms with Crippen molar-refractivity contribution in [2.24, 2.45) is 4.99 Å². The smallest absolute Gasteiger partial charge is 0.356 e. The van der Waals surface area contributed by atoms with Crippen molar-refractivity contribution in [2.45, 2.75) is 31.5 Å². The molecule has 2 aromatic rings. The number of rotatable bonds is 6. The normalized spacial score (nSPS) is 18.3. The van der Waals surface area contributed by atoms with Crippen LogP contribution in [0.1, 0.15) is 18.7 Å². The van der Waals surface area contributed by atoms with E-state index >= 15 is 0 Å². The van der Waals surface area contributed by atoms with Crippen molar-refractivity contribution < 1.29 is 13.2 Å². The lowest BCUT2D eigenvalue weighted by molar-refractivity contribution is -0.143. The van der Waals surface area contributed by atoms with Gasteiger partial charge < -0.3 is 10.6 Å². The van der Waals surface area contributed by atoms with Crippen LogP contribution in [0.25, 0.3) is 5.65 Å². The van der Waals surface area contributed by atoms with Gasteiger partial charge in [-0.25, -0.2) is 0 Å². The van der Waals surface area contributed by atoms with Gasteiger partial charge in [0.25, 0.3) is 0 Å². The SMILES string of the molecule is CN=C(NCCCc1nnc2ccccn12)NC1CCN(CC(F)(F)F)C1.I. The molecule has 7 nitrogen and oxygen atoms in total. The molecule has 11 heteroatoms. The van der Waals surface area contributed by atoms with Crippen molar-refractivity contribution in [3.05, 3.63) is 30.2 Å². The number of aromatic nitrogens is 3. The van der Waals surface area contributed by atoms with Crippen molar-refractivity contribution in [3.63, 3.8) is 0 Å². The van der Waals surface area contributed by atoms with Crippen molar-refractivity contribution in [1.82, 2.24) is 30.1 Å². The first-order valence-electron chi connectivity index (χ1n) is 8.99. The molecule has 0 spiro atoms. The lowest BCUT2D eigenvalue weighted by atomic mass is 10.2. The third kappa shape index (κ3) is 6.47. The summed E-state index contributed by atoms with van der Waals surface area (Å²) in [4.78, 5) is 5.57. The highest BCUT2D eigenvalue weighted by molar-refractivity contribution is 14.0. The van der Waals surface area contributed by atoms with Crippen LogP contribution in [0.4, 0.5) is 13.2 Å². The zero-order chi connectivity index (χ0) is 19.3. The van der Waals surface area contributed by atoms with Gasteiger partial charge in [0.15, 0.2) is 11.6 Å². The monoisotopic (exact) mass is 511 g/mol. The number of nitrogens with one attached hydrogen (secondary N) is 2. The van der Waals surface area contributed by atoms with Crippen LogP contribution in [0.3, 0.4) is 0 Å². The van der Waals surface area contributed by atoms with Crippen LogP contribution >= 0.6 is 24.0 Å². The molecule has 1 aliphatic heterocycles.